The molecule has 1 aliphatic heterocycles. The average Bonchev–Trinajstić information content (AvgIpc) is 2.55. The Hall–Kier alpha value is -1.85. The number of fused-ring (bicyclic) bond motifs is 1. The van der Waals surface area contributed by atoms with E-state index < -0.39 is 0 Å². The Bertz CT molecular complexity index is 686. The van der Waals surface area contributed by atoms with Gasteiger partial charge in [0.25, 0.3) is 0 Å². The summed E-state index contributed by atoms with van der Waals surface area (Å²) in [5.74, 6) is 0.0854. The molecule has 1 fully saturated rings. The van der Waals surface area contributed by atoms with Gasteiger partial charge in [-0.2, -0.15) is 0 Å². The Labute approximate surface area is 134 Å². The van der Waals surface area contributed by atoms with Gasteiger partial charge in [-0.05, 0) is 31.2 Å². The Kier molecular flexibility index (Phi) is 4.45. The van der Waals surface area contributed by atoms with E-state index in [1.807, 2.05) is 36.1 Å². The maximum atomic E-state index is 12.5. The van der Waals surface area contributed by atoms with E-state index in [0.717, 1.165) is 16.6 Å². The first-order valence-electron chi connectivity index (χ1n) is 7.32. The van der Waals surface area contributed by atoms with Crippen LogP contribution in [-0.2, 0) is 9.53 Å². The molecular weight excluding hydrogens is 302 g/mol. The molecule has 2 aromatic rings. The monoisotopic (exact) mass is 319 g/mol. The van der Waals surface area contributed by atoms with Gasteiger partial charge in [0.2, 0.25) is 5.91 Å². The molecule has 3 rings (SSSR count). The summed E-state index contributed by atoms with van der Waals surface area (Å²) in [4.78, 5) is 18.6. The summed E-state index contributed by atoms with van der Waals surface area (Å²) in [6, 6.07) is 7.12. The topological polar surface area (TPSA) is 54.5 Å². The van der Waals surface area contributed by atoms with Gasteiger partial charge in [-0.3, -0.25) is 9.78 Å². The molecule has 1 aromatic heterocycles. The molecular formula is C16H18ClN3O2. The molecule has 0 bridgehead atoms. The molecule has 1 atom stereocenters. The number of halogens is 1. The molecule has 6 heteroatoms. The van der Waals surface area contributed by atoms with Gasteiger partial charge in [-0.25, -0.2) is 0 Å². The number of carbonyl (C=O) groups is 1. The number of nitrogens with zero attached hydrogens (tertiary/aromatic N) is 2. The smallest absolute Gasteiger partial charge is 0.244 e. The third kappa shape index (κ3) is 3.15. The number of amides is 1. The Morgan fingerprint density at radius 1 is 1.36 bits per heavy atom. The zero-order valence-corrected chi connectivity index (χ0v) is 13.1. The van der Waals surface area contributed by atoms with Crippen LogP contribution >= 0.6 is 11.6 Å². The number of benzene rings is 1. The van der Waals surface area contributed by atoms with E-state index in [9.17, 15) is 4.79 Å². The molecule has 1 aromatic carbocycles. The zero-order chi connectivity index (χ0) is 15.5. The minimum absolute atomic E-state index is 0.0854. The molecule has 2 heterocycles. The van der Waals surface area contributed by atoms with Crippen molar-refractivity contribution in [3.63, 3.8) is 0 Å². The van der Waals surface area contributed by atoms with Crippen LogP contribution < -0.4 is 5.32 Å². The van der Waals surface area contributed by atoms with Crippen LogP contribution in [0.2, 0.25) is 5.02 Å². The molecule has 0 radical (unpaired) electrons. The van der Waals surface area contributed by atoms with Crippen molar-refractivity contribution in [1.82, 2.24) is 9.88 Å². The molecule has 1 N–H and O–H groups in total. The van der Waals surface area contributed by atoms with Gasteiger partial charge in [0, 0.05) is 35.4 Å². The van der Waals surface area contributed by atoms with Crippen LogP contribution in [0.15, 0.2) is 30.5 Å². The van der Waals surface area contributed by atoms with E-state index in [1.54, 1.807) is 6.20 Å². The fraction of sp³-hybridized carbons (Fsp3) is 0.375. The summed E-state index contributed by atoms with van der Waals surface area (Å²) in [6.07, 6.45) is 1.72. The van der Waals surface area contributed by atoms with Crippen molar-refractivity contribution in [3.8, 4) is 0 Å². The van der Waals surface area contributed by atoms with Gasteiger partial charge in [0.15, 0.2) is 0 Å². The van der Waals surface area contributed by atoms with Crippen molar-refractivity contribution < 1.29 is 9.53 Å². The first-order chi connectivity index (χ1) is 10.6. The molecule has 0 saturated carbocycles. The highest BCUT2D eigenvalue weighted by molar-refractivity contribution is 6.31. The van der Waals surface area contributed by atoms with E-state index in [-0.39, 0.29) is 11.9 Å². The average molecular weight is 320 g/mol. The second kappa shape index (κ2) is 6.50. The number of aromatic nitrogens is 1. The van der Waals surface area contributed by atoms with Crippen LogP contribution in [0.5, 0.6) is 0 Å². The van der Waals surface area contributed by atoms with Gasteiger partial charge >= 0.3 is 0 Å². The molecule has 1 unspecified atom stereocenters. The number of nitrogens with one attached hydrogen (secondary N) is 1. The van der Waals surface area contributed by atoms with E-state index >= 15 is 0 Å². The number of hydrogen-bond donors (Lipinski definition) is 1. The quantitative estimate of drug-likeness (QED) is 0.944. The summed E-state index contributed by atoms with van der Waals surface area (Å²) in [6.45, 7) is 4.39. The largest absolute Gasteiger partial charge is 0.378 e. The molecule has 116 valence electrons. The number of morpholine rings is 1. The van der Waals surface area contributed by atoms with Crippen LogP contribution in [0, 0.1) is 0 Å². The molecule has 22 heavy (non-hydrogen) atoms. The molecule has 1 aliphatic rings. The molecule has 1 amide bonds. The predicted octanol–water partition coefficient (Wildman–Crippen LogP) is 2.55. The summed E-state index contributed by atoms with van der Waals surface area (Å²) in [5.41, 5.74) is 1.69. The van der Waals surface area contributed by atoms with Crippen LogP contribution in [0.1, 0.15) is 6.92 Å². The van der Waals surface area contributed by atoms with Gasteiger partial charge in [0.1, 0.15) is 6.04 Å². The van der Waals surface area contributed by atoms with E-state index in [0.29, 0.717) is 31.3 Å². The highest BCUT2D eigenvalue weighted by Crippen LogP contribution is 2.25. The van der Waals surface area contributed by atoms with Crippen LogP contribution in [0.25, 0.3) is 10.9 Å². The minimum atomic E-state index is -0.306. The fourth-order valence-electron chi connectivity index (χ4n) is 2.60. The first-order valence-corrected chi connectivity index (χ1v) is 7.70. The van der Waals surface area contributed by atoms with E-state index in [2.05, 4.69) is 10.3 Å². The van der Waals surface area contributed by atoms with E-state index in [4.69, 9.17) is 16.3 Å². The number of carbonyl (C=O) groups excluding carboxylic acids is 1. The number of ether oxygens (including phenoxy) is 1. The third-order valence-electron chi connectivity index (χ3n) is 3.77. The highest BCUT2D eigenvalue weighted by atomic mass is 35.5. The lowest BCUT2D eigenvalue weighted by molar-refractivity contribution is -0.135. The Balaban J connectivity index is 1.78. The standard InChI is InChI=1S/C16H18ClN3O2/c1-11(16(21)20-6-8-22-9-7-20)19-14-4-5-18-15-10-12(17)2-3-13(14)15/h2-5,10-11H,6-9H2,1H3,(H,18,19). The summed E-state index contributed by atoms with van der Waals surface area (Å²) in [5, 5.41) is 4.89. The zero-order valence-electron chi connectivity index (χ0n) is 12.4. The van der Waals surface area contributed by atoms with Crippen molar-refractivity contribution in [2.45, 2.75) is 13.0 Å². The van der Waals surface area contributed by atoms with Crippen LogP contribution in [0.3, 0.4) is 0 Å². The van der Waals surface area contributed by atoms with Gasteiger partial charge in [0.05, 0.1) is 18.7 Å². The SMILES string of the molecule is CC(Nc1ccnc2cc(Cl)ccc12)C(=O)N1CCOCC1. The highest BCUT2D eigenvalue weighted by Gasteiger charge is 2.22. The normalized spacial score (nSPS) is 16.5. The number of anilines is 1. The summed E-state index contributed by atoms with van der Waals surface area (Å²) >= 11 is 6.00. The van der Waals surface area contributed by atoms with Gasteiger partial charge < -0.3 is 15.0 Å². The lowest BCUT2D eigenvalue weighted by Gasteiger charge is -2.30. The van der Waals surface area contributed by atoms with Gasteiger partial charge in [-0.1, -0.05) is 11.6 Å². The number of rotatable bonds is 3. The van der Waals surface area contributed by atoms with Crippen LogP contribution in [-0.4, -0.2) is 48.1 Å². The van der Waals surface area contributed by atoms with Crippen molar-refractivity contribution in [2.75, 3.05) is 31.6 Å². The van der Waals surface area contributed by atoms with Gasteiger partial charge in [-0.15, -0.1) is 0 Å². The molecule has 1 saturated heterocycles. The van der Waals surface area contributed by atoms with Crippen molar-refractivity contribution >= 4 is 34.1 Å². The Morgan fingerprint density at radius 3 is 2.91 bits per heavy atom. The predicted molar refractivity (Wildman–Crippen MR) is 87.2 cm³/mol. The molecule has 5 nitrogen and oxygen atoms in total. The number of pyridine rings is 1. The fourth-order valence-corrected chi connectivity index (χ4v) is 2.77. The lowest BCUT2D eigenvalue weighted by atomic mass is 10.1. The lowest BCUT2D eigenvalue weighted by Crippen LogP contribution is -2.47. The number of hydrogen-bond acceptors (Lipinski definition) is 4. The van der Waals surface area contributed by atoms with Crippen LogP contribution in [0.4, 0.5) is 5.69 Å². The van der Waals surface area contributed by atoms with E-state index in [1.165, 1.54) is 0 Å². The maximum Gasteiger partial charge on any atom is 0.244 e. The second-order valence-corrected chi connectivity index (χ2v) is 5.76. The second-order valence-electron chi connectivity index (χ2n) is 5.32. The Morgan fingerprint density at radius 2 is 2.14 bits per heavy atom. The molecule has 0 aliphatic carbocycles. The first kappa shape index (κ1) is 15.1. The van der Waals surface area contributed by atoms with Crippen molar-refractivity contribution in [1.29, 1.82) is 0 Å². The maximum absolute atomic E-state index is 12.5. The third-order valence-corrected chi connectivity index (χ3v) is 4.01. The molecule has 0 spiro atoms. The van der Waals surface area contributed by atoms with Crippen molar-refractivity contribution in [2.24, 2.45) is 0 Å². The minimum Gasteiger partial charge on any atom is -0.378 e. The summed E-state index contributed by atoms with van der Waals surface area (Å²) < 4.78 is 5.28. The van der Waals surface area contributed by atoms with Crippen molar-refractivity contribution in [3.05, 3.63) is 35.5 Å². The summed E-state index contributed by atoms with van der Waals surface area (Å²) in [7, 11) is 0.